The Morgan fingerprint density at radius 1 is 0.462 bits per heavy atom. The van der Waals surface area contributed by atoms with Crippen LogP contribution in [0.25, 0.3) is 77.2 Å². The van der Waals surface area contributed by atoms with Gasteiger partial charge in [0.1, 0.15) is 5.52 Å². The van der Waals surface area contributed by atoms with E-state index >= 15 is 0 Å². The molecule has 4 nitrogen and oxygen atoms in total. The van der Waals surface area contributed by atoms with Gasteiger partial charge in [-0.3, -0.25) is 4.57 Å². The quantitative estimate of drug-likeness (QED) is 0.238. The number of hydrogen-bond acceptors (Lipinski definition) is 2. The molecular formula is C35H21N3O. The topological polar surface area (TPSA) is 35.9 Å². The number of benzene rings is 6. The van der Waals surface area contributed by atoms with E-state index in [1.54, 1.807) is 0 Å². The summed E-state index contributed by atoms with van der Waals surface area (Å²) in [5.41, 5.74) is 7.32. The van der Waals surface area contributed by atoms with E-state index < -0.39 is 0 Å². The Labute approximate surface area is 222 Å². The summed E-state index contributed by atoms with van der Waals surface area (Å²) in [6.45, 7) is 0. The largest absolute Gasteiger partial charge is 0.423 e. The Bertz CT molecular complexity index is 2360. The number of aromatic nitrogens is 3. The van der Waals surface area contributed by atoms with Crippen molar-refractivity contribution in [3.05, 3.63) is 127 Å². The normalized spacial score (nSPS) is 12.1. The molecule has 6 aromatic carbocycles. The van der Waals surface area contributed by atoms with Crippen molar-refractivity contribution in [3.63, 3.8) is 0 Å². The van der Waals surface area contributed by atoms with E-state index in [1.165, 1.54) is 43.4 Å². The fourth-order valence-corrected chi connectivity index (χ4v) is 6.34. The second-order valence-corrected chi connectivity index (χ2v) is 10.0. The molecule has 3 heterocycles. The lowest BCUT2D eigenvalue weighted by molar-refractivity contribution is 0.574. The molecule has 0 unspecified atom stereocenters. The van der Waals surface area contributed by atoms with Crippen LogP contribution >= 0.6 is 0 Å². The molecule has 0 fully saturated rings. The van der Waals surface area contributed by atoms with Crippen molar-refractivity contribution >= 4 is 65.5 Å². The predicted molar refractivity (Wildman–Crippen MR) is 160 cm³/mol. The van der Waals surface area contributed by atoms with Crippen LogP contribution in [0.5, 0.6) is 0 Å². The van der Waals surface area contributed by atoms with Gasteiger partial charge in [0.15, 0.2) is 5.58 Å². The van der Waals surface area contributed by atoms with Gasteiger partial charge in [0, 0.05) is 27.2 Å². The number of oxazole rings is 1. The molecule has 0 saturated heterocycles. The highest BCUT2D eigenvalue weighted by atomic mass is 16.4. The minimum Gasteiger partial charge on any atom is -0.423 e. The highest BCUT2D eigenvalue weighted by Gasteiger charge is 2.23. The third kappa shape index (κ3) is 2.75. The summed E-state index contributed by atoms with van der Waals surface area (Å²) in [5, 5.41) is 7.38. The van der Waals surface area contributed by atoms with Crippen LogP contribution in [-0.4, -0.2) is 14.1 Å². The Morgan fingerprint density at radius 2 is 1.10 bits per heavy atom. The fourth-order valence-electron chi connectivity index (χ4n) is 6.34. The van der Waals surface area contributed by atoms with Crippen LogP contribution in [0.15, 0.2) is 132 Å². The third-order valence-corrected chi connectivity index (χ3v) is 7.94. The maximum Gasteiger partial charge on any atom is 0.307 e. The van der Waals surface area contributed by atoms with Gasteiger partial charge in [-0.15, -0.1) is 0 Å². The van der Waals surface area contributed by atoms with Gasteiger partial charge in [-0.05, 0) is 59.3 Å². The first-order valence-electron chi connectivity index (χ1n) is 13.2. The summed E-state index contributed by atoms with van der Waals surface area (Å²) in [6.07, 6.45) is 0. The average molecular weight is 500 g/mol. The molecule has 0 atom stereocenters. The van der Waals surface area contributed by atoms with Crippen molar-refractivity contribution in [2.24, 2.45) is 0 Å². The van der Waals surface area contributed by atoms with Crippen LogP contribution in [0, 0.1) is 0 Å². The Morgan fingerprint density at radius 3 is 1.97 bits per heavy atom. The molecule has 0 aliphatic heterocycles. The Kier molecular flexibility index (Phi) is 4.02. The average Bonchev–Trinajstić information content (AvgIpc) is 3.67. The van der Waals surface area contributed by atoms with Gasteiger partial charge in [-0.2, -0.15) is 4.98 Å². The fraction of sp³-hybridized carbons (Fsp3) is 0. The molecule has 4 heteroatoms. The molecule has 0 radical (unpaired) electrons. The molecule has 0 aliphatic carbocycles. The van der Waals surface area contributed by atoms with Crippen LogP contribution in [0.3, 0.4) is 0 Å². The van der Waals surface area contributed by atoms with E-state index in [0.29, 0.717) is 6.01 Å². The summed E-state index contributed by atoms with van der Waals surface area (Å²) in [4.78, 5) is 4.89. The molecule has 0 spiro atoms. The standard InChI is InChI=1S/C35H21N3O/c1-2-11-23(12-3-1)37-28-19-18-22-10-4-5-13-24(22)32(28)34-30(37)21-20-29-33(34)25-14-6-8-16-27(25)38(29)35-36-26-15-7-9-17-31(26)39-35/h1-21H. The second-order valence-electron chi connectivity index (χ2n) is 10.0. The van der Waals surface area contributed by atoms with Crippen molar-refractivity contribution in [3.8, 4) is 11.7 Å². The zero-order chi connectivity index (χ0) is 25.5. The first-order valence-corrected chi connectivity index (χ1v) is 13.2. The summed E-state index contributed by atoms with van der Waals surface area (Å²) in [7, 11) is 0. The van der Waals surface area contributed by atoms with E-state index in [9.17, 15) is 0 Å². The van der Waals surface area contributed by atoms with E-state index in [-0.39, 0.29) is 0 Å². The maximum absolute atomic E-state index is 6.32. The molecule has 0 bridgehead atoms. The van der Waals surface area contributed by atoms with E-state index in [4.69, 9.17) is 9.40 Å². The van der Waals surface area contributed by atoms with Crippen LogP contribution in [0.2, 0.25) is 0 Å². The molecule has 9 rings (SSSR count). The lowest BCUT2D eigenvalue weighted by Crippen LogP contribution is -1.94. The lowest BCUT2D eigenvalue weighted by Gasteiger charge is -2.08. The van der Waals surface area contributed by atoms with Crippen molar-refractivity contribution in [1.82, 2.24) is 14.1 Å². The Hall–Kier alpha value is -5.35. The number of hydrogen-bond donors (Lipinski definition) is 0. The first kappa shape index (κ1) is 20.7. The molecular weight excluding hydrogens is 478 g/mol. The molecule has 0 amide bonds. The number of para-hydroxylation sites is 4. The highest BCUT2D eigenvalue weighted by Crippen LogP contribution is 2.44. The summed E-state index contributed by atoms with van der Waals surface area (Å²) >= 11 is 0. The molecule has 182 valence electrons. The van der Waals surface area contributed by atoms with Crippen molar-refractivity contribution in [2.45, 2.75) is 0 Å². The molecule has 0 saturated carbocycles. The van der Waals surface area contributed by atoms with E-state index in [2.05, 4.69) is 112 Å². The van der Waals surface area contributed by atoms with E-state index in [0.717, 1.165) is 27.8 Å². The van der Waals surface area contributed by atoms with Crippen molar-refractivity contribution in [2.75, 3.05) is 0 Å². The second kappa shape index (κ2) is 7.59. The number of rotatable bonds is 2. The van der Waals surface area contributed by atoms with E-state index in [1.807, 2.05) is 24.3 Å². The van der Waals surface area contributed by atoms with Crippen molar-refractivity contribution < 1.29 is 4.42 Å². The molecule has 9 aromatic rings. The van der Waals surface area contributed by atoms with Gasteiger partial charge in [0.2, 0.25) is 0 Å². The smallest absolute Gasteiger partial charge is 0.307 e. The zero-order valence-corrected chi connectivity index (χ0v) is 20.9. The van der Waals surface area contributed by atoms with Gasteiger partial charge >= 0.3 is 6.01 Å². The SMILES string of the molecule is c1ccc(-n2c3ccc4ccccc4c3c3c4c5ccccc5n(-c5nc6ccccc6o5)c4ccc32)cc1. The monoisotopic (exact) mass is 499 g/mol. The van der Waals surface area contributed by atoms with Gasteiger partial charge in [0.25, 0.3) is 0 Å². The highest BCUT2D eigenvalue weighted by molar-refractivity contribution is 6.33. The van der Waals surface area contributed by atoms with Crippen LogP contribution < -0.4 is 0 Å². The summed E-state index contributed by atoms with van der Waals surface area (Å²) < 4.78 is 10.9. The number of fused-ring (bicyclic) bond motifs is 10. The molecule has 39 heavy (non-hydrogen) atoms. The van der Waals surface area contributed by atoms with Crippen molar-refractivity contribution in [1.29, 1.82) is 0 Å². The molecule has 0 aliphatic rings. The minimum absolute atomic E-state index is 0.582. The van der Waals surface area contributed by atoms with Gasteiger partial charge < -0.3 is 8.98 Å². The third-order valence-electron chi connectivity index (χ3n) is 7.94. The summed E-state index contributed by atoms with van der Waals surface area (Å²) in [5.74, 6) is 0. The predicted octanol–water partition coefficient (Wildman–Crippen LogP) is 9.18. The maximum atomic E-state index is 6.32. The van der Waals surface area contributed by atoms with Gasteiger partial charge in [0.05, 0.1) is 22.1 Å². The Balaban J connectivity index is 1.54. The van der Waals surface area contributed by atoms with Crippen LogP contribution in [-0.2, 0) is 0 Å². The molecule has 0 N–H and O–H groups in total. The lowest BCUT2D eigenvalue weighted by atomic mass is 10.0. The zero-order valence-electron chi connectivity index (χ0n) is 20.9. The van der Waals surface area contributed by atoms with Crippen LogP contribution in [0.4, 0.5) is 0 Å². The number of nitrogens with zero attached hydrogens (tertiary/aromatic N) is 3. The van der Waals surface area contributed by atoms with Gasteiger partial charge in [-0.25, -0.2) is 0 Å². The minimum atomic E-state index is 0.582. The molecule has 3 aromatic heterocycles. The summed E-state index contributed by atoms with van der Waals surface area (Å²) in [6, 6.07) is 45.4. The first-order chi connectivity index (χ1) is 19.4. The van der Waals surface area contributed by atoms with Gasteiger partial charge in [-0.1, -0.05) is 78.9 Å². The van der Waals surface area contributed by atoms with Crippen LogP contribution in [0.1, 0.15) is 0 Å².